The van der Waals surface area contributed by atoms with Gasteiger partial charge in [-0.15, -0.1) is 0 Å². The number of imidazole rings is 1. The molecule has 0 fully saturated rings. The molecule has 0 aliphatic heterocycles. The quantitative estimate of drug-likeness (QED) is 0.449. The van der Waals surface area contributed by atoms with Crippen LogP contribution in [0.3, 0.4) is 0 Å². The number of halogens is 2. The van der Waals surface area contributed by atoms with Crippen molar-refractivity contribution in [3.8, 4) is 11.3 Å². The van der Waals surface area contributed by atoms with E-state index in [1.807, 2.05) is 0 Å². The van der Waals surface area contributed by atoms with E-state index < -0.39 is 5.91 Å². The molecule has 0 aliphatic carbocycles. The number of carbonyl (C=O) groups excluding carboxylic acids is 2. The van der Waals surface area contributed by atoms with Crippen LogP contribution < -0.4 is 10.9 Å². The second-order valence-electron chi connectivity index (χ2n) is 5.41. The molecule has 2 amide bonds. The number of carbonyl (C=O) groups is 2. The summed E-state index contributed by atoms with van der Waals surface area (Å²) >= 11 is 6.94. The van der Waals surface area contributed by atoms with E-state index in [0.717, 1.165) is 5.56 Å². The molecule has 27 heavy (non-hydrogen) atoms. The van der Waals surface area contributed by atoms with E-state index in [1.165, 1.54) is 23.9 Å². The maximum Gasteiger partial charge on any atom is 0.269 e. The Balaban J connectivity index is 1.47. The zero-order valence-electron chi connectivity index (χ0n) is 13.8. The smallest absolute Gasteiger partial charge is 0.269 e. The average Bonchev–Trinajstić information content (AvgIpc) is 3.14. The summed E-state index contributed by atoms with van der Waals surface area (Å²) in [5.41, 5.74) is 6.55. The van der Waals surface area contributed by atoms with Crippen molar-refractivity contribution in [1.29, 1.82) is 0 Å². The molecule has 0 bridgehead atoms. The van der Waals surface area contributed by atoms with Gasteiger partial charge in [0.1, 0.15) is 5.82 Å². The van der Waals surface area contributed by atoms with Crippen LogP contribution >= 0.6 is 23.4 Å². The summed E-state index contributed by atoms with van der Waals surface area (Å²) in [5.74, 6) is -1.09. The van der Waals surface area contributed by atoms with Crippen molar-refractivity contribution < 1.29 is 14.0 Å². The standard InChI is InChI=1S/C18H14ClFN4O2S/c19-13-5-1-12(2-6-13)17(26)24-23-16(25)10-27-18-21-9-15(22-18)11-3-7-14(20)8-4-11/h1-9H,10H2,(H,21,22)(H,23,25)(H,24,26). The SMILES string of the molecule is O=C(CSc1ncc(-c2ccc(F)cc2)[nH]1)NNC(=O)c1ccc(Cl)cc1. The lowest BCUT2D eigenvalue weighted by Crippen LogP contribution is -2.42. The largest absolute Gasteiger partial charge is 0.333 e. The molecule has 3 rings (SSSR count). The molecule has 138 valence electrons. The number of thioether (sulfide) groups is 1. The van der Waals surface area contributed by atoms with E-state index in [9.17, 15) is 14.0 Å². The fourth-order valence-corrected chi connectivity index (χ4v) is 2.90. The molecule has 6 nitrogen and oxygen atoms in total. The van der Waals surface area contributed by atoms with Crippen molar-refractivity contribution in [2.45, 2.75) is 5.16 Å². The van der Waals surface area contributed by atoms with Crippen LogP contribution in [0.5, 0.6) is 0 Å². The van der Waals surface area contributed by atoms with Gasteiger partial charge in [-0.1, -0.05) is 23.4 Å². The molecule has 0 unspecified atom stereocenters. The van der Waals surface area contributed by atoms with E-state index in [-0.39, 0.29) is 17.5 Å². The Labute approximate surface area is 163 Å². The second kappa shape index (κ2) is 8.70. The van der Waals surface area contributed by atoms with Gasteiger partial charge < -0.3 is 4.98 Å². The summed E-state index contributed by atoms with van der Waals surface area (Å²) in [6.45, 7) is 0. The third kappa shape index (κ3) is 5.32. The molecule has 1 aromatic heterocycles. The van der Waals surface area contributed by atoms with Crippen LogP contribution in [0, 0.1) is 5.82 Å². The minimum atomic E-state index is -0.443. The number of hydrazine groups is 1. The van der Waals surface area contributed by atoms with Crippen LogP contribution in [0.1, 0.15) is 10.4 Å². The lowest BCUT2D eigenvalue weighted by Gasteiger charge is -2.06. The van der Waals surface area contributed by atoms with Crippen molar-refractivity contribution in [1.82, 2.24) is 20.8 Å². The Bertz CT molecular complexity index is 945. The number of hydrogen-bond acceptors (Lipinski definition) is 4. The minimum Gasteiger partial charge on any atom is -0.333 e. The Hall–Kier alpha value is -2.84. The van der Waals surface area contributed by atoms with Crippen LogP contribution in [0.2, 0.25) is 5.02 Å². The summed E-state index contributed by atoms with van der Waals surface area (Å²) in [5, 5.41) is 1.05. The van der Waals surface area contributed by atoms with Crippen molar-refractivity contribution in [2.75, 3.05) is 5.75 Å². The Morgan fingerprint density at radius 2 is 1.78 bits per heavy atom. The molecule has 0 spiro atoms. The van der Waals surface area contributed by atoms with Crippen LogP contribution in [0.4, 0.5) is 4.39 Å². The van der Waals surface area contributed by atoms with Crippen LogP contribution in [-0.2, 0) is 4.79 Å². The Kier molecular flexibility index (Phi) is 6.10. The monoisotopic (exact) mass is 404 g/mol. The van der Waals surface area contributed by atoms with Crippen molar-refractivity contribution in [3.05, 3.63) is 71.1 Å². The van der Waals surface area contributed by atoms with Gasteiger partial charge >= 0.3 is 0 Å². The molecule has 0 atom stereocenters. The van der Waals surface area contributed by atoms with Gasteiger partial charge in [0, 0.05) is 10.6 Å². The molecule has 3 N–H and O–H groups in total. The number of amides is 2. The number of aromatic amines is 1. The fraction of sp³-hybridized carbons (Fsp3) is 0.0556. The number of H-pyrrole nitrogens is 1. The number of hydrogen-bond donors (Lipinski definition) is 3. The van der Waals surface area contributed by atoms with Gasteiger partial charge in [-0.3, -0.25) is 20.4 Å². The lowest BCUT2D eigenvalue weighted by atomic mass is 10.2. The van der Waals surface area contributed by atoms with Crippen molar-refractivity contribution in [2.24, 2.45) is 0 Å². The summed E-state index contributed by atoms with van der Waals surface area (Å²) in [7, 11) is 0. The van der Waals surface area contributed by atoms with Crippen LogP contribution in [-0.4, -0.2) is 27.5 Å². The average molecular weight is 405 g/mol. The highest BCUT2D eigenvalue weighted by Gasteiger charge is 2.10. The maximum absolute atomic E-state index is 13.0. The molecule has 3 aromatic rings. The van der Waals surface area contributed by atoms with Gasteiger partial charge in [0.05, 0.1) is 17.6 Å². The van der Waals surface area contributed by atoms with Gasteiger partial charge in [0.15, 0.2) is 5.16 Å². The third-order valence-electron chi connectivity index (χ3n) is 3.47. The first-order valence-corrected chi connectivity index (χ1v) is 9.16. The topological polar surface area (TPSA) is 86.9 Å². The number of nitrogens with one attached hydrogen (secondary N) is 3. The number of benzene rings is 2. The van der Waals surface area contributed by atoms with Gasteiger partial charge in [0.25, 0.3) is 5.91 Å². The predicted octanol–water partition coefficient (Wildman–Crippen LogP) is 3.42. The summed E-state index contributed by atoms with van der Waals surface area (Å²) in [6, 6.07) is 12.3. The maximum atomic E-state index is 13.0. The van der Waals surface area contributed by atoms with E-state index >= 15 is 0 Å². The summed E-state index contributed by atoms with van der Waals surface area (Å²) < 4.78 is 13.0. The third-order valence-corrected chi connectivity index (χ3v) is 4.61. The van der Waals surface area contributed by atoms with Gasteiger partial charge in [-0.05, 0) is 54.1 Å². The molecule has 0 saturated carbocycles. The predicted molar refractivity (Wildman–Crippen MR) is 102 cm³/mol. The Morgan fingerprint density at radius 1 is 1.07 bits per heavy atom. The normalized spacial score (nSPS) is 10.4. The van der Waals surface area contributed by atoms with E-state index in [2.05, 4.69) is 20.8 Å². The summed E-state index contributed by atoms with van der Waals surface area (Å²) in [4.78, 5) is 31.0. The lowest BCUT2D eigenvalue weighted by molar-refractivity contribution is -0.119. The highest BCUT2D eigenvalue weighted by atomic mass is 35.5. The second-order valence-corrected chi connectivity index (χ2v) is 6.81. The van der Waals surface area contributed by atoms with E-state index in [0.29, 0.717) is 21.4 Å². The first kappa shape index (κ1) is 18.9. The molecule has 0 aliphatic rings. The molecule has 2 aromatic carbocycles. The van der Waals surface area contributed by atoms with Crippen LogP contribution in [0.25, 0.3) is 11.3 Å². The number of nitrogens with zero attached hydrogens (tertiary/aromatic N) is 1. The summed E-state index contributed by atoms with van der Waals surface area (Å²) in [6.07, 6.45) is 1.61. The zero-order chi connectivity index (χ0) is 19.2. The van der Waals surface area contributed by atoms with Gasteiger partial charge in [-0.2, -0.15) is 0 Å². The zero-order valence-corrected chi connectivity index (χ0v) is 15.4. The Morgan fingerprint density at radius 3 is 2.48 bits per heavy atom. The highest BCUT2D eigenvalue weighted by molar-refractivity contribution is 7.99. The molecule has 9 heteroatoms. The minimum absolute atomic E-state index is 0.0528. The first-order valence-electron chi connectivity index (χ1n) is 7.80. The van der Waals surface area contributed by atoms with Crippen molar-refractivity contribution in [3.63, 3.8) is 0 Å². The number of rotatable bonds is 5. The van der Waals surface area contributed by atoms with Gasteiger partial charge in [-0.25, -0.2) is 9.37 Å². The molecular formula is C18H14ClFN4O2S. The first-order chi connectivity index (χ1) is 13.0. The molecule has 1 heterocycles. The van der Waals surface area contributed by atoms with E-state index in [1.54, 1.807) is 42.6 Å². The van der Waals surface area contributed by atoms with Crippen LogP contribution in [0.15, 0.2) is 59.9 Å². The fourth-order valence-electron chi connectivity index (χ4n) is 2.12. The van der Waals surface area contributed by atoms with Crippen molar-refractivity contribution >= 4 is 35.2 Å². The number of aromatic nitrogens is 2. The molecule has 0 saturated heterocycles. The molecular weight excluding hydrogens is 391 g/mol. The molecule has 0 radical (unpaired) electrons. The van der Waals surface area contributed by atoms with Gasteiger partial charge in [0.2, 0.25) is 5.91 Å². The highest BCUT2D eigenvalue weighted by Crippen LogP contribution is 2.21. The van der Waals surface area contributed by atoms with E-state index in [4.69, 9.17) is 11.6 Å².